The molecule has 7 nitrogen and oxygen atoms in total. The number of halogens is 2. The highest BCUT2D eigenvalue weighted by atomic mass is 19.3. The average molecular weight is 352 g/mol. The van der Waals surface area contributed by atoms with Crippen molar-refractivity contribution < 1.29 is 32.6 Å². The molecule has 0 aliphatic carbocycles. The Morgan fingerprint density at radius 3 is 2.60 bits per heavy atom. The van der Waals surface area contributed by atoms with Crippen LogP contribution in [0.3, 0.4) is 0 Å². The summed E-state index contributed by atoms with van der Waals surface area (Å²) in [5, 5.41) is 2.07. The van der Waals surface area contributed by atoms with Gasteiger partial charge in [-0.15, -0.1) is 0 Å². The molecule has 0 radical (unpaired) electrons. The minimum Gasteiger partial charge on any atom is -0.452 e. The minimum atomic E-state index is -3.03. The van der Waals surface area contributed by atoms with Crippen molar-refractivity contribution in [3.05, 3.63) is 53.9 Å². The molecule has 0 saturated carbocycles. The first-order valence-corrected chi connectivity index (χ1v) is 7.04. The number of benzene rings is 1. The van der Waals surface area contributed by atoms with Crippen molar-refractivity contribution in [3.63, 3.8) is 0 Å². The summed E-state index contributed by atoms with van der Waals surface area (Å²) in [6.07, 6.45) is 1.63. The van der Waals surface area contributed by atoms with Crippen LogP contribution in [-0.4, -0.2) is 35.6 Å². The van der Waals surface area contributed by atoms with Crippen LogP contribution in [0.5, 0.6) is 5.75 Å². The van der Waals surface area contributed by atoms with Crippen LogP contribution >= 0.6 is 0 Å². The van der Waals surface area contributed by atoms with Gasteiger partial charge in [-0.3, -0.25) is 14.9 Å². The Balaban J connectivity index is 1.88. The van der Waals surface area contributed by atoms with Gasteiger partial charge < -0.3 is 14.0 Å². The number of nitrogens with zero attached hydrogens (tertiary/aromatic N) is 1. The molecule has 0 bridgehead atoms. The first kappa shape index (κ1) is 18.1. The van der Waals surface area contributed by atoms with Crippen molar-refractivity contribution in [2.45, 2.75) is 6.61 Å². The maximum Gasteiger partial charge on any atom is 0.387 e. The number of imide groups is 1. The third-order valence-corrected chi connectivity index (χ3v) is 3.06. The van der Waals surface area contributed by atoms with Crippen LogP contribution in [-0.2, 0) is 16.6 Å². The van der Waals surface area contributed by atoms with E-state index in [1.54, 1.807) is 19.3 Å². The van der Waals surface area contributed by atoms with E-state index in [0.29, 0.717) is 0 Å². The number of aromatic nitrogens is 1. The largest absolute Gasteiger partial charge is 0.452 e. The van der Waals surface area contributed by atoms with Crippen molar-refractivity contribution >= 4 is 17.8 Å². The highest BCUT2D eigenvalue weighted by Gasteiger charge is 2.16. The van der Waals surface area contributed by atoms with E-state index in [1.807, 2.05) is 0 Å². The predicted octanol–water partition coefficient (Wildman–Crippen LogP) is 1.74. The summed E-state index contributed by atoms with van der Waals surface area (Å²) >= 11 is 0. The predicted molar refractivity (Wildman–Crippen MR) is 81.2 cm³/mol. The van der Waals surface area contributed by atoms with Crippen LogP contribution in [0.25, 0.3) is 0 Å². The van der Waals surface area contributed by atoms with E-state index in [1.165, 1.54) is 28.8 Å². The van der Waals surface area contributed by atoms with Crippen LogP contribution < -0.4 is 10.1 Å². The average Bonchev–Trinajstić information content (AvgIpc) is 2.98. The van der Waals surface area contributed by atoms with Gasteiger partial charge in [-0.2, -0.15) is 8.78 Å². The fourth-order valence-electron chi connectivity index (χ4n) is 1.94. The maximum absolute atomic E-state index is 12.1. The van der Waals surface area contributed by atoms with Crippen LogP contribution in [0.2, 0.25) is 0 Å². The van der Waals surface area contributed by atoms with Gasteiger partial charge in [0.05, 0.1) is 5.56 Å². The number of carbonyl (C=O) groups is 3. The normalized spacial score (nSPS) is 10.4. The Hall–Kier alpha value is -3.23. The van der Waals surface area contributed by atoms with Crippen molar-refractivity contribution in [3.8, 4) is 5.75 Å². The van der Waals surface area contributed by atoms with Gasteiger partial charge in [0.2, 0.25) is 0 Å². The number of alkyl halides is 2. The van der Waals surface area contributed by atoms with Gasteiger partial charge in [0.15, 0.2) is 6.61 Å². The summed E-state index contributed by atoms with van der Waals surface area (Å²) in [5.74, 6) is -2.59. The quantitative estimate of drug-likeness (QED) is 0.801. The van der Waals surface area contributed by atoms with E-state index < -0.39 is 31.0 Å². The monoisotopic (exact) mass is 352 g/mol. The molecule has 132 valence electrons. The van der Waals surface area contributed by atoms with Crippen LogP contribution in [0.15, 0.2) is 42.6 Å². The summed E-state index contributed by atoms with van der Waals surface area (Å²) in [7, 11) is 1.63. The Kier molecular flexibility index (Phi) is 5.83. The highest BCUT2D eigenvalue weighted by Crippen LogP contribution is 2.16. The molecule has 1 heterocycles. The van der Waals surface area contributed by atoms with E-state index in [2.05, 4.69) is 10.1 Å². The molecule has 2 aromatic rings. The number of aryl methyl sites for hydroxylation is 1. The third kappa shape index (κ3) is 5.13. The zero-order chi connectivity index (χ0) is 18.4. The van der Waals surface area contributed by atoms with Gasteiger partial charge in [0, 0.05) is 13.2 Å². The van der Waals surface area contributed by atoms with Crippen molar-refractivity contribution in [1.29, 1.82) is 0 Å². The summed E-state index contributed by atoms with van der Waals surface area (Å²) in [5.41, 5.74) is 0.191. The van der Waals surface area contributed by atoms with Gasteiger partial charge in [0.25, 0.3) is 11.8 Å². The molecule has 0 saturated heterocycles. The highest BCUT2D eigenvalue weighted by molar-refractivity contribution is 6.04. The molecule has 2 amide bonds. The zero-order valence-electron chi connectivity index (χ0n) is 13.1. The smallest absolute Gasteiger partial charge is 0.387 e. The topological polar surface area (TPSA) is 86.6 Å². The van der Waals surface area contributed by atoms with Gasteiger partial charge >= 0.3 is 12.6 Å². The Bertz CT molecular complexity index is 788. The third-order valence-electron chi connectivity index (χ3n) is 3.06. The van der Waals surface area contributed by atoms with E-state index >= 15 is 0 Å². The lowest BCUT2D eigenvalue weighted by molar-refractivity contribution is -0.123. The van der Waals surface area contributed by atoms with Crippen LogP contribution in [0.4, 0.5) is 8.78 Å². The second-order valence-corrected chi connectivity index (χ2v) is 4.86. The SMILES string of the molecule is Cn1cccc1C(=O)NC(=O)COC(=O)c1cccc(OC(F)F)c1. The Morgan fingerprint density at radius 2 is 1.96 bits per heavy atom. The Labute approximate surface area is 141 Å². The molecule has 1 N–H and O–H groups in total. The van der Waals surface area contributed by atoms with Crippen LogP contribution in [0.1, 0.15) is 20.8 Å². The number of carbonyl (C=O) groups excluding carboxylic acids is 3. The molecular weight excluding hydrogens is 338 g/mol. The lowest BCUT2D eigenvalue weighted by atomic mass is 10.2. The summed E-state index contributed by atoms with van der Waals surface area (Å²) < 4.78 is 34.7. The molecule has 25 heavy (non-hydrogen) atoms. The van der Waals surface area contributed by atoms with E-state index in [9.17, 15) is 23.2 Å². The molecule has 0 aliphatic rings. The van der Waals surface area contributed by atoms with Crippen molar-refractivity contribution in [2.75, 3.05) is 6.61 Å². The molecule has 0 unspecified atom stereocenters. The lowest BCUT2D eigenvalue weighted by Gasteiger charge is -2.08. The van der Waals surface area contributed by atoms with Gasteiger partial charge in [0.1, 0.15) is 11.4 Å². The standard InChI is InChI=1S/C16H14F2N2O5/c1-20-7-3-6-12(20)14(22)19-13(21)9-24-15(23)10-4-2-5-11(8-10)25-16(17)18/h2-8,16H,9H2,1H3,(H,19,21,22). The number of ether oxygens (including phenoxy) is 2. The minimum absolute atomic E-state index is 0.0697. The molecule has 0 fully saturated rings. The molecular formula is C16H14F2N2O5. The molecule has 0 aliphatic heterocycles. The first-order valence-electron chi connectivity index (χ1n) is 7.04. The number of esters is 1. The zero-order valence-corrected chi connectivity index (χ0v) is 13.1. The fourth-order valence-corrected chi connectivity index (χ4v) is 1.94. The second-order valence-electron chi connectivity index (χ2n) is 4.86. The number of rotatable bonds is 6. The number of hydrogen-bond donors (Lipinski definition) is 1. The Morgan fingerprint density at radius 1 is 1.20 bits per heavy atom. The first-order chi connectivity index (χ1) is 11.9. The lowest BCUT2D eigenvalue weighted by Crippen LogP contribution is -2.35. The summed E-state index contributed by atoms with van der Waals surface area (Å²) in [6.45, 7) is -3.73. The molecule has 0 atom stereocenters. The number of amides is 2. The van der Waals surface area contributed by atoms with Crippen molar-refractivity contribution in [1.82, 2.24) is 9.88 Å². The maximum atomic E-state index is 12.1. The van der Waals surface area contributed by atoms with Gasteiger partial charge in [-0.25, -0.2) is 4.79 Å². The summed E-state index contributed by atoms with van der Waals surface area (Å²) in [4.78, 5) is 35.3. The molecule has 2 rings (SSSR count). The van der Waals surface area contributed by atoms with E-state index in [4.69, 9.17) is 4.74 Å². The molecule has 1 aromatic carbocycles. The number of hydrogen-bond acceptors (Lipinski definition) is 5. The summed E-state index contributed by atoms with van der Waals surface area (Å²) in [6, 6.07) is 8.09. The van der Waals surface area contributed by atoms with Gasteiger partial charge in [-0.1, -0.05) is 6.07 Å². The molecule has 0 spiro atoms. The van der Waals surface area contributed by atoms with Gasteiger partial charge in [-0.05, 0) is 30.3 Å². The van der Waals surface area contributed by atoms with Crippen LogP contribution in [0, 0.1) is 0 Å². The fraction of sp³-hybridized carbons (Fsp3) is 0.188. The van der Waals surface area contributed by atoms with E-state index in [-0.39, 0.29) is 17.0 Å². The molecule has 9 heteroatoms. The number of nitrogens with one attached hydrogen (secondary N) is 1. The van der Waals surface area contributed by atoms with Crippen molar-refractivity contribution in [2.24, 2.45) is 7.05 Å². The second kappa shape index (κ2) is 8.04. The molecule has 1 aromatic heterocycles. The van der Waals surface area contributed by atoms with E-state index in [0.717, 1.165) is 6.07 Å².